The smallest absolute Gasteiger partial charge is 0.340 e. The first-order valence-electron chi connectivity index (χ1n) is 8.69. The molecule has 6 heteroatoms. The van der Waals surface area contributed by atoms with E-state index in [0.717, 1.165) is 38.4 Å². The molecule has 0 aliphatic carbocycles. The topological polar surface area (TPSA) is 52.1 Å². The number of benzene rings is 1. The molecule has 0 bridgehead atoms. The molecular formula is C21H18N2O2S2. The maximum Gasteiger partial charge on any atom is 0.340 e. The van der Waals surface area contributed by atoms with Crippen LogP contribution in [0.3, 0.4) is 0 Å². The number of rotatable bonds is 5. The van der Waals surface area contributed by atoms with Gasteiger partial charge in [0.05, 0.1) is 22.5 Å². The predicted octanol–water partition coefficient (Wildman–Crippen LogP) is 5.65. The lowest BCUT2D eigenvalue weighted by atomic mass is 10.0. The second kappa shape index (κ2) is 7.58. The van der Waals surface area contributed by atoms with Gasteiger partial charge in [-0.1, -0.05) is 25.1 Å². The normalized spacial score (nSPS) is 11.0. The van der Waals surface area contributed by atoms with E-state index >= 15 is 0 Å². The molecule has 0 fully saturated rings. The number of thiophene rings is 1. The Kier molecular flexibility index (Phi) is 5.01. The van der Waals surface area contributed by atoms with Crippen LogP contribution in [-0.2, 0) is 17.8 Å². The van der Waals surface area contributed by atoms with E-state index in [9.17, 15) is 4.79 Å². The van der Waals surface area contributed by atoms with E-state index in [2.05, 4.69) is 15.3 Å². The van der Waals surface area contributed by atoms with Gasteiger partial charge in [0, 0.05) is 21.7 Å². The quantitative estimate of drug-likeness (QED) is 0.411. The zero-order chi connectivity index (χ0) is 18.8. The molecule has 0 aliphatic rings. The molecule has 27 heavy (non-hydrogen) atoms. The standard InChI is InChI=1S/C21H18N2O2S2/c1-3-17-19(13(2)16-6-4-5-7-18(16)23-17)21(24)25-10-15-12-27-20(22-15)14-8-9-26-11-14/h4-9,11-12H,3,10H2,1-2H3. The summed E-state index contributed by atoms with van der Waals surface area (Å²) in [5.41, 5.74) is 5.03. The summed E-state index contributed by atoms with van der Waals surface area (Å²) in [6.07, 6.45) is 0.676. The number of fused-ring (bicyclic) bond motifs is 1. The second-order valence-electron chi connectivity index (χ2n) is 6.16. The molecule has 0 saturated carbocycles. The van der Waals surface area contributed by atoms with E-state index in [1.807, 2.05) is 54.9 Å². The fourth-order valence-electron chi connectivity index (χ4n) is 3.07. The van der Waals surface area contributed by atoms with E-state index in [1.54, 1.807) is 22.7 Å². The van der Waals surface area contributed by atoms with Gasteiger partial charge in [-0.05, 0) is 36.4 Å². The number of aryl methyl sites for hydroxylation is 2. The fourth-order valence-corrected chi connectivity index (χ4v) is 4.59. The van der Waals surface area contributed by atoms with Crippen molar-refractivity contribution in [2.45, 2.75) is 26.9 Å². The minimum absolute atomic E-state index is 0.162. The van der Waals surface area contributed by atoms with E-state index in [4.69, 9.17) is 4.74 Å². The van der Waals surface area contributed by atoms with Gasteiger partial charge in [0.25, 0.3) is 0 Å². The van der Waals surface area contributed by atoms with Gasteiger partial charge in [-0.25, -0.2) is 9.78 Å². The highest BCUT2D eigenvalue weighted by Crippen LogP contribution is 2.27. The molecule has 4 aromatic rings. The van der Waals surface area contributed by atoms with Crippen LogP contribution in [0.25, 0.3) is 21.5 Å². The highest BCUT2D eigenvalue weighted by molar-refractivity contribution is 7.14. The van der Waals surface area contributed by atoms with Crippen molar-refractivity contribution in [3.8, 4) is 10.6 Å². The number of carbonyl (C=O) groups excluding carboxylic acids is 1. The highest BCUT2D eigenvalue weighted by atomic mass is 32.1. The molecule has 0 amide bonds. The second-order valence-corrected chi connectivity index (χ2v) is 7.80. The van der Waals surface area contributed by atoms with Crippen LogP contribution in [-0.4, -0.2) is 15.9 Å². The van der Waals surface area contributed by atoms with Crippen LogP contribution < -0.4 is 0 Å². The first-order chi connectivity index (χ1) is 13.2. The van der Waals surface area contributed by atoms with Gasteiger partial charge >= 0.3 is 5.97 Å². The molecule has 0 N–H and O–H groups in total. The summed E-state index contributed by atoms with van der Waals surface area (Å²) in [6.45, 7) is 4.12. The lowest BCUT2D eigenvalue weighted by Crippen LogP contribution is -2.12. The molecular weight excluding hydrogens is 376 g/mol. The van der Waals surface area contributed by atoms with Crippen LogP contribution in [0.2, 0.25) is 0 Å². The average molecular weight is 395 g/mol. The third-order valence-electron chi connectivity index (χ3n) is 4.44. The number of hydrogen-bond donors (Lipinski definition) is 0. The molecule has 1 aromatic carbocycles. The Labute approximate surface area is 165 Å². The monoisotopic (exact) mass is 394 g/mol. The molecule has 3 aromatic heterocycles. The Bertz CT molecular complexity index is 1100. The summed E-state index contributed by atoms with van der Waals surface area (Å²) in [6, 6.07) is 9.91. The largest absolute Gasteiger partial charge is 0.455 e. The summed E-state index contributed by atoms with van der Waals surface area (Å²) in [4.78, 5) is 22.0. The van der Waals surface area contributed by atoms with Crippen LogP contribution >= 0.6 is 22.7 Å². The van der Waals surface area contributed by atoms with Gasteiger partial charge in [0.2, 0.25) is 0 Å². The molecule has 0 aliphatic heterocycles. The van der Waals surface area contributed by atoms with Gasteiger partial charge in [0.1, 0.15) is 11.6 Å². The number of thiazole rings is 1. The van der Waals surface area contributed by atoms with E-state index in [0.29, 0.717) is 12.0 Å². The lowest BCUT2D eigenvalue weighted by Gasteiger charge is -2.13. The molecule has 0 radical (unpaired) electrons. The van der Waals surface area contributed by atoms with Crippen molar-refractivity contribution in [3.63, 3.8) is 0 Å². The maximum atomic E-state index is 12.8. The Morgan fingerprint density at radius 1 is 1.15 bits per heavy atom. The van der Waals surface area contributed by atoms with Crippen molar-refractivity contribution in [2.75, 3.05) is 0 Å². The number of aromatic nitrogens is 2. The van der Waals surface area contributed by atoms with Crippen LogP contribution in [0.15, 0.2) is 46.5 Å². The summed E-state index contributed by atoms with van der Waals surface area (Å²) in [7, 11) is 0. The van der Waals surface area contributed by atoms with Gasteiger partial charge in [-0.3, -0.25) is 4.98 Å². The number of hydrogen-bond acceptors (Lipinski definition) is 6. The van der Waals surface area contributed by atoms with Crippen molar-refractivity contribution in [2.24, 2.45) is 0 Å². The summed E-state index contributed by atoms with van der Waals surface area (Å²) >= 11 is 3.20. The Balaban J connectivity index is 1.57. The van der Waals surface area contributed by atoms with Crippen LogP contribution in [0.4, 0.5) is 0 Å². The van der Waals surface area contributed by atoms with Gasteiger partial charge in [0.15, 0.2) is 0 Å². The van der Waals surface area contributed by atoms with Crippen molar-refractivity contribution in [3.05, 3.63) is 69.0 Å². The first-order valence-corrected chi connectivity index (χ1v) is 10.5. The molecule has 0 atom stereocenters. The predicted molar refractivity (Wildman–Crippen MR) is 110 cm³/mol. The zero-order valence-corrected chi connectivity index (χ0v) is 16.7. The fraction of sp³-hybridized carbons (Fsp3) is 0.190. The van der Waals surface area contributed by atoms with Gasteiger partial charge in [-0.15, -0.1) is 11.3 Å². The molecule has 0 spiro atoms. The number of ether oxygens (including phenoxy) is 1. The minimum Gasteiger partial charge on any atom is -0.455 e. The van der Waals surface area contributed by atoms with Gasteiger partial charge in [-0.2, -0.15) is 11.3 Å². The first kappa shape index (κ1) is 17.8. The molecule has 3 heterocycles. The average Bonchev–Trinajstić information content (AvgIpc) is 3.37. The Hall–Kier alpha value is -2.57. The molecule has 0 saturated heterocycles. The summed E-state index contributed by atoms with van der Waals surface area (Å²) < 4.78 is 5.58. The number of para-hydroxylation sites is 1. The van der Waals surface area contributed by atoms with E-state index in [1.165, 1.54) is 0 Å². The summed E-state index contributed by atoms with van der Waals surface area (Å²) in [5.74, 6) is -0.340. The summed E-state index contributed by atoms with van der Waals surface area (Å²) in [5, 5.41) is 7.95. The van der Waals surface area contributed by atoms with E-state index in [-0.39, 0.29) is 12.6 Å². The van der Waals surface area contributed by atoms with E-state index < -0.39 is 0 Å². The van der Waals surface area contributed by atoms with Crippen LogP contribution in [0.1, 0.15) is 34.2 Å². The lowest BCUT2D eigenvalue weighted by molar-refractivity contribution is 0.0466. The molecule has 4 rings (SSSR count). The zero-order valence-electron chi connectivity index (χ0n) is 15.1. The van der Waals surface area contributed by atoms with Crippen molar-refractivity contribution < 1.29 is 9.53 Å². The van der Waals surface area contributed by atoms with Gasteiger partial charge < -0.3 is 4.74 Å². The number of nitrogens with zero attached hydrogens (tertiary/aromatic N) is 2. The van der Waals surface area contributed by atoms with Crippen LogP contribution in [0, 0.1) is 6.92 Å². The van der Waals surface area contributed by atoms with Crippen LogP contribution in [0.5, 0.6) is 0 Å². The maximum absolute atomic E-state index is 12.8. The number of esters is 1. The SMILES string of the molecule is CCc1nc2ccccc2c(C)c1C(=O)OCc1csc(-c2ccsc2)n1. The molecule has 136 valence electrons. The Morgan fingerprint density at radius 3 is 2.78 bits per heavy atom. The Morgan fingerprint density at radius 2 is 2.00 bits per heavy atom. The van der Waals surface area contributed by atoms with Crippen molar-refractivity contribution in [1.29, 1.82) is 0 Å². The highest BCUT2D eigenvalue weighted by Gasteiger charge is 2.19. The third-order valence-corrected chi connectivity index (χ3v) is 6.06. The third kappa shape index (κ3) is 3.50. The van der Waals surface area contributed by atoms with Crippen molar-refractivity contribution in [1.82, 2.24) is 9.97 Å². The minimum atomic E-state index is -0.340. The van der Waals surface area contributed by atoms with Crippen molar-refractivity contribution >= 4 is 39.5 Å². The number of carbonyl (C=O) groups is 1. The number of pyridine rings is 1. The molecule has 4 nitrogen and oxygen atoms in total. The molecule has 0 unspecified atom stereocenters.